The van der Waals surface area contributed by atoms with Crippen LogP contribution in [0.2, 0.25) is 0 Å². The molecule has 114 valence electrons. The summed E-state index contributed by atoms with van der Waals surface area (Å²) in [6.07, 6.45) is 3.31. The van der Waals surface area contributed by atoms with Gasteiger partial charge in [-0.25, -0.2) is 0 Å². The van der Waals surface area contributed by atoms with Crippen LogP contribution in [0.15, 0.2) is 22.0 Å². The van der Waals surface area contributed by atoms with Gasteiger partial charge in [0, 0.05) is 28.9 Å². The van der Waals surface area contributed by atoms with Crippen molar-refractivity contribution in [2.45, 2.75) is 52.6 Å². The maximum absolute atomic E-state index is 6.40. The first-order valence-electron chi connectivity index (χ1n) is 7.54. The van der Waals surface area contributed by atoms with E-state index in [1.54, 1.807) is 0 Å². The molecule has 0 saturated carbocycles. The zero-order valence-electron chi connectivity index (χ0n) is 12.9. The third kappa shape index (κ3) is 3.13. The lowest BCUT2D eigenvalue weighted by Gasteiger charge is -2.34. The average molecular weight is 367 g/mol. The SMILES string of the molecule is Cc1cc2c(n1CCc1ccc(Br)s1)CC(C)(C)CC2N. The summed E-state index contributed by atoms with van der Waals surface area (Å²) in [6, 6.07) is 6.85. The fourth-order valence-electron chi connectivity index (χ4n) is 3.52. The molecule has 0 amide bonds. The van der Waals surface area contributed by atoms with E-state index in [0.29, 0.717) is 5.41 Å². The maximum Gasteiger partial charge on any atom is 0.0701 e. The Balaban J connectivity index is 1.86. The summed E-state index contributed by atoms with van der Waals surface area (Å²) >= 11 is 5.38. The van der Waals surface area contributed by atoms with Gasteiger partial charge in [-0.2, -0.15) is 0 Å². The molecule has 0 saturated heterocycles. The third-order valence-electron chi connectivity index (χ3n) is 4.48. The van der Waals surface area contributed by atoms with Crippen LogP contribution in [0.5, 0.6) is 0 Å². The van der Waals surface area contributed by atoms with Crippen LogP contribution in [0.1, 0.15) is 48.1 Å². The van der Waals surface area contributed by atoms with E-state index in [0.717, 1.165) is 25.8 Å². The molecule has 1 aliphatic rings. The van der Waals surface area contributed by atoms with E-state index < -0.39 is 0 Å². The fraction of sp³-hybridized carbons (Fsp3) is 0.529. The minimum absolute atomic E-state index is 0.194. The molecule has 2 aromatic heterocycles. The number of hydrogen-bond donors (Lipinski definition) is 1. The molecular weight excluding hydrogens is 344 g/mol. The first-order valence-corrected chi connectivity index (χ1v) is 9.15. The van der Waals surface area contributed by atoms with Gasteiger partial charge in [0.05, 0.1) is 3.79 Å². The minimum atomic E-state index is 0.194. The Hall–Kier alpha value is -0.580. The van der Waals surface area contributed by atoms with Gasteiger partial charge in [-0.05, 0) is 71.3 Å². The van der Waals surface area contributed by atoms with Crippen LogP contribution < -0.4 is 5.73 Å². The molecule has 2 N–H and O–H groups in total. The summed E-state index contributed by atoms with van der Waals surface area (Å²) in [5.74, 6) is 0. The van der Waals surface area contributed by atoms with E-state index in [-0.39, 0.29) is 6.04 Å². The first kappa shape index (κ1) is 15.3. The lowest BCUT2D eigenvalue weighted by molar-refractivity contribution is 0.275. The van der Waals surface area contributed by atoms with Crippen LogP contribution in [0, 0.1) is 12.3 Å². The number of aryl methyl sites for hydroxylation is 2. The molecule has 2 nitrogen and oxygen atoms in total. The Morgan fingerprint density at radius 3 is 2.86 bits per heavy atom. The van der Waals surface area contributed by atoms with Gasteiger partial charge in [0.2, 0.25) is 0 Å². The Kier molecular flexibility index (Phi) is 4.06. The van der Waals surface area contributed by atoms with Crippen molar-refractivity contribution in [2.75, 3.05) is 0 Å². The van der Waals surface area contributed by atoms with E-state index >= 15 is 0 Å². The zero-order valence-corrected chi connectivity index (χ0v) is 15.4. The van der Waals surface area contributed by atoms with E-state index in [1.807, 2.05) is 11.3 Å². The number of hydrogen-bond acceptors (Lipinski definition) is 2. The van der Waals surface area contributed by atoms with Crippen LogP contribution in [-0.2, 0) is 19.4 Å². The number of aromatic nitrogens is 1. The Morgan fingerprint density at radius 2 is 2.19 bits per heavy atom. The number of fused-ring (bicyclic) bond motifs is 1. The van der Waals surface area contributed by atoms with E-state index in [4.69, 9.17) is 5.73 Å². The molecular formula is C17H23BrN2S. The van der Waals surface area contributed by atoms with Crippen LogP contribution >= 0.6 is 27.3 Å². The van der Waals surface area contributed by atoms with Crippen molar-refractivity contribution in [1.29, 1.82) is 0 Å². The molecule has 1 aliphatic carbocycles. The van der Waals surface area contributed by atoms with Gasteiger partial charge < -0.3 is 10.3 Å². The monoisotopic (exact) mass is 366 g/mol. The molecule has 3 rings (SSSR count). The van der Waals surface area contributed by atoms with Gasteiger partial charge in [-0.1, -0.05) is 13.8 Å². The lowest BCUT2D eigenvalue weighted by Crippen LogP contribution is -2.30. The van der Waals surface area contributed by atoms with Crippen molar-refractivity contribution >= 4 is 27.3 Å². The number of nitrogens with zero attached hydrogens (tertiary/aromatic N) is 1. The van der Waals surface area contributed by atoms with Crippen LogP contribution in [0.3, 0.4) is 0 Å². The maximum atomic E-state index is 6.40. The average Bonchev–Trinajstić information content (AvgIpc) is 2.90. The van der Waals surface area contributed by atoms with Crippen molar-refractivity contribution < 1.29 is 0 Å². The fourth-order valence-corrected chi connectivity index (χ4v) is 5.00. The second-order valence-corrected chi connectivity index (χ2v) is 9.49. The predicted octanol–water partition coefficient (Wildman–Crippen LogP) is 4.84. The first-order chi connectivity index (χ1) is 9.85. The Bertz CT molecular complexity index is 654. The van der Waals surface area contributed by atoms with Gasteiger partial charge >= 0.3 is 0 Å². The smallest absolute Gasteiger partial charge is 0.0701 e. The summed E-state index contributed by atoms with van der Waals surface area (Å²) in [6.45, 7) is 7.93. The summed E-state index contributed by atoms with van der Waals surface area (Å²) in [4.78, 5) is 1.43. The Morgan fingerprint density at radius 1 is 1.43 bits per heavy atom. The molecule has 0 bridgehead atoms. The second-order valence-electron chi connectivity index (χ2n) is 6.95. The van der Waals surface area contributed by atoms with Gasteiger partial charge in [-0.3, -0.25) is 0 Å². The summed E-state index contributed by atoms with van der Waals surface area (Å²) in [5, 5.41) is 0. The summed E-state index contributed by atoms with van der Waals surface area (Å²) in [5.41, 5.74) is 10.9. The molecule has 0 radical (unpaired) electrons. The van der Waals surface area contributed by atoms with Gasteiger partial charge in [-0.15, -0.1) is 11.3 Å². The molecule has 2 aromatic rings. The zero-order chi connectivity index (χ0) is 15.2. The normalized spacial score (nSPS) is 20.5. The quantitative estimate of drug-likeness (QED) is 0.827. The van der Waals surface area contributed by atoms with Gasteiger partial charge in [0.15, 0.2) is 0 Å². The highest BCUT2D eigenvalue weighted by molar-refractivity contribution is 9.11. The standard InChI is InChI=1S/C17H23BrN2S/c1-11-8-13-14(19)9-17(2,3)10-15(13)20(11)7-6-12-4-5-16(18)21-12/h4-5,8,14H,6-7,9-10,19H2,1-3H3. The van der Waals surface area contributed by atoms with Crippen molar-refractivity contribution in [3.8, 4) is 0 Å². The van der Waals surface area contributed by atoms with Crippen LogP contribution in [-0.4, -0.2) is 4.57 Å². The van der Waals surface area contributed by atoms with Crippen molar-refractivity contribution in [2.24, 2.45) is 11.1 Å². The molecule has 2 heterocycles. The molecule has 1 atom stereocenters. The van der Waals surface area contributed by atoms with Crippen molar-refractivity contribution in [3.63, 3.8) is 0 Å². The highest BCUT2D eigenvalue weighted by Crippen LogP contribution is 2.41. The molecule has 21 heavy (non-hydrogen) atoms. The van der Waals surface area contributed by atoms with Crippen LogP contribution in [0.4, 0.5) is 0 Å². The highest BCUT2D eigenvalue weighted by Gasteiger charge is 2.33. The molecule has 0 fully saturated rings. The van der Waals surface area contributed by atoms with E-state index in [9.17, 15) is 0 Å². The molecule has 0 spiro atoms. The van der Waals surface area contributed by atoms with Crippen molar-refractivity contribution in [1.82, 2.24) is 4.57 Å². The highest BCUT2D eigenvalue weighted by atomic mass is 79.9. The number of nitrogens with two attached hydrogens (primary N) is 1. The minimum Gasteiger partial charge on any atom is -0.348 e. The number of rotatable bonds is 3. The molecule has 0 aliphatic heterocycles. The number of thiophene rings is 1. The second kappa shape index (κ2) is 5.56. The molecule has 4 heteroatoms. The van der Waals surface area contributed by atoms with Crippen molar-refractivity contribution in [3.05, 3.63) is 43.8 Å². The predicted molar refractivity (Wildman–Crippen MR) is 93.9 cm³/mol. The third-order valence-corrected chi connectivity index (χ3v) is 6.16. The van der Waals surface area contributed by atoms with Crippen LogP contribution in [0.25, 0.3) is 0 Å². The summed E-state index contributed by atoms with van der Waals surface area (Å²) < 4.78 is 3.70. The van der Waals surface area contributed by atoms with E-state index in [2.05, 4.69) is 59.5 Å². The lowest BCUT2D eigenvalue weighted by atomic mass is 9.74. The Labute approximate surface area is 139 Å². The topological polar surface area (TPSA) is 30.9 Å². The number of halogens is 1. The molecule has 0 aromatic carbocycles. The van der Waals surface area contributed by atoms with Gasteiger partial charge in [0.25, 0.3) is 0 Å². The van der Waals surface area contributed by atoms with Gasteiger partial charge in [0.1, 0.15) is 0 Å². The van der Waals surface area contributed by atoms with E-state index in [1.165, 1.54) is 25.6 Å². The summed E-state index contributed by atoms with van der Waals surface area (Å²) in [7, 11) is 0. The largest absolute Gasteiger partial charge is 0.348 e. The molecule has 1 unspecified atom stereocenters.